The number of aromatic nitrogens is 2. The van der Waals surface area contributed by atoms with Crippen molar-refractivity contribution in [1.29, 1.82) is 0 Å². The van der Waals surface area contributed by atoms with Gasteiger partial charge in [0, 0.05) is 5.69 Å². The van der Waals surface area contributed by atoms with Gasteiger partial charge >= 0.3 is 0 Å². The molecular weight excluding hydrogens is 402 g/mol. The zero-order valence-corrected chi connectivity index (χ0v) is 17.1. The van der Waals surface area contributed by atoms with Gasteiger partial charge in [0.05, 0.1) is 21.7 Å². The second kappa shape index (κ2) is 7.43. The number of hydrogen-bond acceptors (Lipinski definition) is 7. The van der Waals surface area contributed by atoms with E-state index in [4.69, 9.17) is 5.14 Å². The summed E-state index contributed by atoms with van der Waals surface area (Å²) in [4.78, 5) is 35.0. The van der Waals surface area contributed by atoms with E-state index in [9.17, 15) is 18.0 Å². The van der Waals surface area contributed by atoms with Gasteiger partial charge in [-0.2, -0.15) is 0 Å². The molecule has 11 heteroatoms. The van der Waals surface area contributed by atoms with Crippen LogP contribution in [0.5, 0.6) is 0 Å². The highest BCUT2D eigenvalue weighted by Gasteiger charge is 2.20. The first-order valence-electron chi connectivity index (χ1n) is 8.17. The SMILES string of the molecule is Cc1c(C(=O)Nc2ccc(S(N)(=O)=O)cc2)sc2nc(CN(C)C)[nH]c(=O)c12. The lowest BCUT2D eigenvalue weighted by Gasteiger charge is -2.07. The number of benzene rings is 1. The second-order valence-electron chi connectivity index (χ2n) is 6.51. The van der Waals surface area contributed by atoms with E-state index in [0.29, 0.717) is 38.7 Å². The zero-order chi connectivity index (χ0) is 20.6. The molecule has 148 valence electrons. The van der Waals surface area contributed by atoms with Gasteiger partial charge in [0.1, 0.15) is 10.7 Å². The largest absolute Gasteiger partial charge is 0.321 e. The maximum absolute atomic E-state index is 12.7. The maximum Gasteiger partial charge on any atom is 0.266 e. The first-order valence-corrected chi connectivity index (χ1v) is 10.5. The standard InChI is InChI=1S/C17H19N5O4S2/c1-9-13-15(23)20-12(8-22(2)3)21-17(13)27-14(9)16(24)19-10-4-6-11(7-5-10)28(18,25)26/h4-7H,8H2,1-3H3,(H,19,24)(H2,18,25,26)(H,20,21,23). The van der Waals surface area contributed by atoms with E-state index in [0.717, 1.165) is 11.3 Å². The van der Waals surface area contributed by atoms with Crippen molar-refractivity contribution >= 4 is 43.2 Å². The number of carbonyl (C=O) groups excluding carboxylic acids is 1. The van der Waals surface area contributed by atoms with Crippen LogP contribution >= 0.6 is 11.3 Å². The predicted octanol–water partition coefficient (Wildman–Crippen LogP) is 1.25. The number of nitrogens with two attached hydrogens (primary N) is 1. The van der Waals surface area contributed by atoms with Gasteiger partial charge in [-0.05, 0) is 50.8 Å². The quantitative estimate of drug-likeness (QED) is 0.567. The number of carbonyl (C=O) groups is 1. The Labute approximate surface area is 165 Å². The highest BCUT2D eigenvalue weighted by molar-refractivity contribution is 7.89. The van der Waals surface area contributed by atoms with Crippen molar-refractivity contribution in [3.05, 3.63) is 50.9 Å². The van der Waals surface area contributed by atoms with Crippen LogP contribution < -0.4 is 16.0 Å². The molecule has 3 rings (SSSR count). The number of nitrogens with one attached hydrogen (secondary N) is 2. The average Bonchev–Trinajstić information content (AvgIpc) is 2.91. The van der Waals surface area contributed by atoms with Crippen LogP contribution in [0.25, 0.3) is 10.2 Å². The summed E-state index contributed by atoms with van der Waals surface area (Å²) in [6.07, 6.45) is 0. The summed E-state index contributed by atoms with van der Waals surface area (Å²) in [5, 5.41) is 8.15. The van der Waals surface area contributed by atoms with E-state index in [1.165, 1.54) is 24.3 Å². The Bertz CT molecular complexity index is 1210. The lowest BCUT2D eigenvalue weighted by Crippen LogP contribution is -2.18. The van der Waals surface area contributed by atoms with Crippen LogP contribution in [-0.4, -0.2) is 43.3 Å². The Balaban J connectivity index is 1.92. The van der Waals surface area contributed by atoms with Gasteiger partial charge in [0.25, 0.3) is 11.5 Å². The summed E-state index contributed by atoms with van der Waals surface area (Å²) < 4.78 is 22.6. The van der Waals surface area contributed by atoms with Gasteiger partial charge in [-0.3, -0.25) is 9.59 Å². The van der Waals surface area contributed by atoms with Crippen molar-refractivity contribution < 1.29 is 13.2 Å². The monoisotopic (exact) mass is 421 g/mol. The number of amides is 1. The number of sulfonamides is 1. The third kappa shape index (κ3) is 4.12. The Morgan fingerprint density at radius 2 is 1.93 bits per heavy atom. The van der Waals surface area contributed by atoms with E-state index in [-0.39, 0.29) is 10.5 Å². The summed E-state index contributed by atoms with van der Waals surface area (Å²) in [6, 6.07) is 5.51. The number of fused-ring (bicyclic) bond motifs is 1. The number of H-pyrrole nitrogens is 1. The number of aromatic amines is 1. The first kappa shape index (κ1) is 20.1. The molecule has 0 bridgehead atoms. The van der Waals surface area contributed by atoms with Crippen LogP contribution in [0.2, 0.25) is 0 Å². The van der Waals surface area contributed by atoms with Crippen molar-refractivity contribution in [3.63, 3.8) is 0 Å². The van der Waals surface area contributed by atoms with Gasteiger partial charge < -0.3 is 15.2 Å². The van der Waals surface area contributed by atoms with Crippen LogP contribution in [0, 0.1) is 6.92 Å². The molecule has 0 unspecified atom stereocenters. The number of thiophene rings is 1. The summed E-state index contributed by atoms with van der Waals surface area (Å²) in [7, 11) is -0.0724. The van der Waals surface area contributed by atoms with Crippen molar-refractivity contribution in [1.82, 2.24) is 14.9 Å². The average molecular weight is 422 g/mol. The lowest BCUT2D eigenvalue weighted by molar-refractivity contribution is 0.103. The molecule has 9 nitrogen and oxygen atoms in total. The molecule has 4 N–H and O–H groups in total. The fourth-order valence-electron chi connectivity index (χ4n) is 2.70. The van der Waals surface area contributed by atoms with Crippen molar-refractivity contribution in [2.75, 3.05) is 19.4 Å². The van der Waals surface area contributed by atoms with Gasteiger partial charge in [-0.15, -0.1) is 11.3 Å². The molecule has 0 saturated carbocycles. The minimum atomic E-state index is -3.80. The summed E-state index contributed by atoms with van der Waals surface area (Å²) in [5.74, 6) is 0.117. The van der Waals surface area contributed by atoms with Crippen molar-refractivity contribution in [3.8, 4) is 0 Å². The number of nitrogens with zero attached hydrogens (tertiary/aromatic N) is 2. The smallest absolute Gasteiger partial charge is 0.266 e. The highest BCUT2D eigenvalue weighted by Crippen LogP contribution is 2.28. The highest BCUT2D eigenvalue weighted by atomic mass is 32.2. The molecule has 0 radical (unpaired) electrons. The van der Waals surface area contributed by atoms with Gasteiger partial charge in [-0.1, -0.05) is 0 Å². The van der Waals surface area contributed by atoms with E-state index < -0.39 is 15.9 Å². The lowest BCUT2D eigenvalue weighted by atomic mass is 10.2. The zero-order valence-electron chi connectivity index (χ0n) is 15.4. The van der Waals surface area contributed by atoms with E-state index in [1.807, 2.05) is 19.0 Å². The Morgan fingerprint density at radius 1 is 1.29 bits per heavy atom. The van der Waals surface area contributed by atoms with Gasteiger partial charge in [-0.25, -0.2) is 18.5 Å². The van der Waals surface area contributed by atoms with E-state index in [2.05, 4.69) is 15.3 Å². The van der Waals surface area contributed by atoms with Crippen LogP contribution in [-0.2, 0) is 16.6 Å². The molecule has 0 aliphatic rings. The van der Waals surface area contributed by atoms with Gasteiger partial charge in [0.15, 0.2) is 0 Å². The molecule has 0 spiro atoms. The molecule has 0 fully saturated rings. The molecule has 0 aliphatic carbocycles. The maximum atomic E-state index is 12.7. The molecule has 0 atom stereocenters. The number of hydrogen-bond donors (Lipinski definition) is 3. The molecule has 0 aliphatic heterocycles. The Morgan fingerprint density at radius 3 is 2.50 bits per heavy atom. The van der Waals surface area contributed by atoms with E-state index in [1.54, 1.807) is 6.92 Å². The summed E-state index contributed by atoms with van der Waals surface area (Å²) in [6.45, 7) is 2.17. The molecule has 3 aromatic rings. The minimum Gasteiger partial charge on any atom is -0.321 e. The van der Waals surface area contributed by atoms with Crippen molar-refractivity contribution in [2.45, 2.75) is 18.4 Å². The van der Waals surface area contributed by atoms with Crippen molar-refractivity contribution in [2.24, 2.45) is 5.14 Å². The number of aryl methyl sites for hydroxylation is 1. The molecular formula is C17H19N5O4S2. The van der Waals surface area contributed by atoms with Crippen LogP contribution in [0.4, 0.5) is 5.69 Å². The topological polar surface area (TPSA) is 138 Å². The first-order chi connectivity index (χ1) is 13.1. The van der Waals surface area contributed by atoms with Crippen LogP contribution in [0.1, 0.15) is 21.1 Å². The van der Waals surface area contributed by atoms with Crippen LogP contribution in [0.15, 0.2) is 34.0 Å². The molecule has 0 saturated heterocycles. The molecule has 1 amide bonds. The molecule has 2 heterocycles. The fraction of sp³-hybridized carbons (Fsp3) is 0.235. The summed E-state index contributed by atoms with van der Waals surface area (Å²) >= 11 is 1.14. The molecule has 28 heavy (non-hydrogen) atoms. The number of primary sulfonamides is 1. The molecule has 1 aromatic carbocycles. The normalized spacial score (nSPS) is 11.9. The molecule has 2 aromatic heterocycles. The van der Waals surface area contributed by atoms with E-state index >= 15 is 0 Å². The summed E-state index contributed by atoms with van der Waals surface area (Å²) in [5.41, 5.74) is 0.667. The third-order valence-electron chi connectivity index (χ3n) is 3.96. The second-order valence-corrected chi connectivity index (χ2v) is 9.07. The number of rotatable bonds is 5. The Hall–Kier alpha value is -2.60. The van der Waals surface area contributed by atoms with Gasteiger partial charge in [0.2, 0.25) is 10.0 Å². The third-order valence-corrected chi connectivity index (χ3v) is 6.08. The predicted molar refractivity (Wildman–Crippen MR) is 108 cm³/mol. The fourth-order valence-corrected chi connectivity index (χ4v) is 4.31. The van der Waals surface area contributed by atoms with Crippen LogP contribution in [0.3, 0.4) is 0 Å². The Kier molecular flexibility index (Phi) is 5.35. The number of anilines is 1. The minimum absolute atomic E-state index is 0.0484.